The Morgan fingerprint density at radius 1 is 0.459 bits per heavy atom. The first-order chi connectivity index (χ1) is 52.5. The van der Waals surface area contributed by atoms with E-state index < -0.39 is 129 Å². The minimum Gasteiger partial charge on any atom is -0.454 e. The summed E-state index contributed by atoms with van der Waals surface area (Å²) < 4.78 is 43.5. The number of guanidine groups is 1. The molecule has 3 aromatic rings. The number of benzene rings is 3. The molecule has 11 amide bonds. The Labute approximate surface area is 640 Å². The van der Waals surface area contributed by atoms with Crippen LogP contribution in [0.15, 0.2) is 71.7 Å². The van der Waals surface area contributed by atoms with Crippen molar-refractivity contribution in [3.8, 4) is 23.0 Å². The number of nitrogens with zero attached hydrogens (tertiary/aromatic N) is 9. The monoisotopic (exact) mass is 1550 g/mol. The summed E-state index contributed by atoms with van der Waals surface area (Å²) in [6.07, 6.45) is 3.93. The number of unbranched alkanes of at least 4 members (excludes halogenated alkanes) is 2. The van der Waals surface area contributed by atoms with E-state index in [-0.39, 0.29) is 144 Å². The molecule has 36 nitrogen and oxygen atoms in total. The van der Waals surface area contributed by atoms with Crippen molar-refractivity contribution >= 4 is 82.7 Å². The molecule has 2 aliphatic rings. The predicted molar refractivity (Wildman–Crippen MR) is 404 cm³/mol. The molecule has 0 unspecified atom stereocenters. The summed E-state index contributed by atoms with van der Waals surface area (Å²) in [6, 6.07) is 17.4. The number of thioether (sulfide) groups is 1. The van der Waals surface area contributed by atoms with Crippen LogP contribution < -0.4 is 63.6 Å². The highest BCUT2D eigenvalue weighted by atomic mass is 32.2. The highest BCUT2D eigenvalue weighted by Crippen LogP contribution is 2.34. The molecule has 0 radical (unpaired) electrons. The van der Waals surface area contributed by atoms with Crippen molar-refractivity contribution in [1.29, 1.82) is 0 Å². The van der Waals surface area contributed by atoms with Crippen molar-refractivity contribution in [3.63, 3.8) is 0 Å². The Hall–Kier alpha value is -9.63. The Kier molecular flexibility index (Phi) is 41.4. The van der Waals surface area contributed by atoms with Crippen LogP contribution in [-0.2, 0) is 91.3 Å². The molecule has 0 spiro atoms. The van der Waals surface area contributed by atoms with Gasteiger partial charge in [-0.25, -0.2) is 0 Å². The van der Waals surface area contributed by atoms with Gasteiger partial charge in [0.05, 0.1) is 72.2 Å². The fourth-order valence-electron chi connectivity index (χ4n) is 11.3. The van der Waals surface area contributed by atoms with Gasteiger partial charge in [0.1, 0.15) is 25.2 Å². The molecule has 2 atom stereocenters. The van der Waals surface area contributed by atoms with E-state index in [1.54, 1.807) is 24.3 Å². The Morgan fingerprint density at radius 2 is 0.872 bits per heavy atom. The second-order valence-electron chi connectivity index (χ2n) is 25.6. The molecule has 109 heavy (non-hydrogen) atoms. The van der Waals surface area contributed by atoms with Crippen LogP contribution in [0, 0.1) is 0 Å². The quantitative estimate of drug-likeness (QED) is 0.0166. The van der Waals surface area contributed by atoms with Gasteiger partial charge in [-0.2, -0.15) is 11.8 Å². The normalized spacial score (nSPS) is 12.2. The molecule has 2 heterocycles. The fraction of sp³-hybridized carbons (Fsp3) is 0.583. The third kappa shape index (κ3) is 32.6. The van der Waals surface area contributed by atoms with E-state index in [1.165, 1.54) is 64.7 Å². The molecule has 13 N–H and O–H groups in total. The number of hydrogen-bond acceptors (Lipinski definition) is 24. The number of nitrogens with two attached hydrogens (primary N) is 5. The molecule has 5 rings (SSSR count). The molecule has 37 heteroatoms. The van der Waals surface area contributed by atoms with Crippen molar-refractivity contribution < 1.29 is 90.6 Å². The fourth-order valence-corrected chi connectivity index (χ4v) is 11.7. The minimum atomic E-state index is -1.23. The standard InChI is InChI=1S/C72H111N17O19S/c1-101-31-27-84(42-61(90)80-56(16-13-24-79-72(76)77)71(100)81-55(70(75)99)21-35-109-5)63(92)44-85(28-32-102-2)65(94)46-87(30-34-104-4)66(95)45-86(29-33-103-3)64(93)43-82(25-11-9-22-73)68(97)49-89(41-54-18-20-58-60(37-54)108-51-106-58)69(98)47-83(26-12-10-23-74)67(96)48-88(40-52-14-7-6-8-15-52)62(91)39-78-38-53-17-19-57-59(36-53)107-50-105-57/h6-8,14-15,17-20,36-37,55-56,78H,9-13,16,21-35,38-51,73-74H2,1-5H3,(H2,75,99)(H,80,90)(H,81,100)(H4,76,77,79)/t55-,56-/m0/s1. The third-order valence-corrected chi connectivity index (χ3v) is 18.0. The van der Waals surface area contributed by atoms with Gasteiger partial charge in [0.2, 0.25) is 78.6 Å². The largest absolute Gasteiger partial charge is 0.454 e. The van der Waals surface area contributed by atoms with Crippen LogP contribution in [0.25, 0.3) is 0 Å². The first kappa shape index (κ1) is 90.0. The van der Waals surface area contributed by atoms with Gasteiger partial charge in [0, 0.05) is 93.9 Å². The summed E-state index contributed by atoms with van der Waals surface area (Å²) >= 11 is 1.44. The number of nitrogens with one attached hydrogen (secondary N) is 3. The van der Waals surface area contributed by atoms with Crippen LogP contribution in [0.2, 0.25) is 0 Å². The molecule has 604 valence electrons. The Morgan fingerprint density at radius 3 is 1.32 bits per heavy atom. The number of rotatable bonds is 55. The highest BCUT2D eigenvalue weighted by Gasteiger charge is 2.34. The molecule has 0 bridgehead atoms. The van der Waals surface area contributed by atoms with E-state index in [0.717, 1.165) is 25.8 Å². The summed E-state index contributed by atoms with van der Waals surface area (Å²) in [5.74, 6) is -5.07. The van der Waals surface area contributed by atoms with E-state index in [1.807, 2.05) is 48.7 Å². The number of methoxy groups -OCH3 is 4. The average molecular weight is 1550 g/mol. The number of fused-ring (bicyclic) bond motifs is 2. The molecule has 0 fully saturated rings. The van der Waals surface area contributed by atoms with E-state index in [2.05, 4.69) is 20.9 Å². The van der Waals surface area contributed by atoms with Crippen LogP contribution in [-0.4, -0.2) is 320 Å². The number of carbonyl (C=O) groups is 11. The van der Waals surface area contributed by atoms with Gasteiger partial charge < -0.3 is 122 Å². The summed E-state index contributed by atoms with van der Waals surface area (Å²) in [5, 5.41) is 8.42. The van der Waals surface area contributed by atoms with Gasteiger partial charge in [-0.3, -0.25) is 57.7 Å². The van der Waals surface area contributed by atoms with Crippen molar-refractivity contribution in [2.24, 2.45) is 33.7 Å². The highest BCUT2D eigenvalue weighted by molar-refractivity contribution is 7.98. The van der Waals surface area contributed by atoms with Crippen molar-refractivity contribution in [2.75, 3.05) is 198 Å². The maximum absolute atomic E-state index is 15.1. The van der Waals surface area contributed by atoms with Crippen molar-refractivity contribution in [3.05, 3.63) is 83.4 Å². The lowest BCUT2D eigenvalue weighted by Crippen LogP contribution is -2.55. The zero-order chi connectivity index (χ0) is 79.5. The lowest BCUT2D eigenvalue weighted by atomic mass is 10.1. The first-order valence-electron chi connectivity index (χ1n) is 36.1. The van der Waals surface area contributed by atoms with Crippen molar-refractivity contribution in [2.45, 2.75) is 76.7 Å². The lowest BCUT2D eigenvalue weighted by molar-refractivity contribution is -0.149. The molecule has 0 aliphatic carbocycles. The van der Waals surface area contributed by atoms with Gasteiger partial charge in [-0.15, -0.1) is 0 Å². The maximum Gasteiger partial charge on any atom is 0.243 e. The van der Waals surface area contributed by atoms with E-state index in [0.29, 0.717) is 66.5 Å². The number of amides is 11. The second-order valence-corrected chi connectivity index (χ2v) is 26.6. The first-order valence-corrected chi connectivity index (χ1v) is 37.5. The van der Waals surface area contributed by atoms with Gasteiger partial charge in [0.25, 0.3) is 0 Å². The zero-order valence-corrected chi connectivity index (χ0v) is 64.1. The lowest BCUT2D eigenvalue weighted by Gasteiger charge is -2.33. The Bertz CT molecular complexity index is 3430. The van der Waals surface area contributed by atoms with Crippen LogP contribution in [0.5, 0.6) is 23.0 Å². The summed E-state index contributed by atoms with van der Waals surface area (Å²) in [4.78, 5) is 171. The van der Waals surface area contributed by atoms with E-state index in [4.69, 9.17) is 66.6 Å². The molecule has 0 saturated heterocycles. The zero-order valence-electron chi connectivity index (χ0n) is 63.3. The molecule has 2 aliphatic heterocycles. The van der Waals surface area contributed by atoms with Crippen molar-refractivity contribution in [1.82, 2.24) is 55.1 Å². The molecular formula is C72H111N17O19S. The van der Waals surface area contributed by atoms with Gasteiger partial charge in [-0.1, -0.05) is 42.5 Å². The molecule has 0 aromatic heterocycles. The predicted octanol–water partition coefficient (Wildman–Crippen LogP) is -2.41. The van der Waals surface area contributed by atoms with E-state index in [9.17, 15) is 43.2 Å². The number of primary amides is 1. The minimum absolute atomic E-state index is 0.0175. The SMILES string of the molecule is COCCN(CC(=O)N[C@@H](CCCN=C(N)N)C(=O)N[C@@H](CCSC)C(N)=O)C(=O)CN(CCOC)C(=O)CN(CCOC)C(=O)CN(CCOC)C(=O)CN(CCCCN)C(=O)CN(Cc1ccc2c(c1)OCO2)C(=O)CN(CCCCN)C(=O)CN(Cc1ccccc1)C(=O)CNCc1ccc2c(c1)OCO2. The Balaban J connectivity index is 1.37. The second kappa shape index (κ2) is 50.2. The van der Waals surface area contributed by atoms with Crippen LogP contribution >= 0.6 is 11.8 Å². The maximum atomic E-state index is 15.1. The van der Waals surface area contributed by atoms with Gasteiger partial charge in [-0.05, 0) is 111 Å². The molecular weight excluding hydrogens is 1440 g/mol. The average Bonchev–Trinajstić information content (AvgIpc) is 1.81. The smallest absolute Gasteiger partial charge is 0.243 e. The van der Waals surface area contributed by atoms with E-state index >= 15 is 9.59 Å². The summed E-state index contributed by atoms with van der Waals surface area (Å²) in [6.45, 7) is -4.77. The molecule has 3 aromatic carbocycles. The topological polar surface area (TPSA) is 466 Å². The van der Waals surface area contributed by atoms with Crippen LogP contribution in [0.4, 0.5) is 0 Å². The van der Waals surface area contributed by atoms with Crippen LogP contribution in [0.3, 0.4) is 0 Å². The van der Waals surface area contributed by atoms with Gasteiger partial charge >= 0.3 is 0 Å². The molecule has 0 saturated carbocycles. The number of carbonyl (C=O) groups excluding carboxylic acids is 11. The summed E-state index contributed by atoms with van der Waals surface area (Å²) in [7, 11) is 5.54. The third-order valence-electron chi connectivity index (χ3n) is 17.4. The van der Waals surface area contributed by atoms with Gasteiger partial charge in [0.15, 0.2) is 29.0 Å². The summed E-state index contributed by atoms with van der Waals surface area (Å²) in [5.41, 5.74) is 30.6. The number of aliphatic imine (C=N–C) groups is 1. The van der Waals surface area contributed by atoms with Crippen LogP contribution in [0.1, 0.15) is 61.6 Å². The number of hydrogen-bond donors (Lipinski definition) is 8. The number of ether oxygens (including phenoxy) is 8.